The summed E-state index contributed by atoms with van der Waals surface area (Å²) in [6.07, 6.45) is -2.29. The summed E-state index contributed by atoms with van der Waals surface area (Å²) in [5.41, 5.74) is 0.302. The van der Waals surface area contributed by atoms with Crippen LogP contribution in [0.1, 0.15) is 24.8 Å². The second kappa shape index (κ2) is 11.9. The van der Waals surface area contributed by atoms with Gasteiger partial charge in [0, 0.05) is 38.2 Å². The third-order valence-corrected chi connectivity index (χ3v) is 6.48. The summed E-state index contributed by atoms with van der Waals surface area (Å²) in [6, 6.07) is 12.2. The molecule has 1 N–H and O–H groups in total. The lowest BCUT2D eigenvalue weighted by atomic mass is 10.1. The number of hydrogen-bond acceptors (Lipinski definition) is 7. The van der Waals surface area contributed by atoms with Crippen molar-refractivity contribution < 1.29 is 32.7 Å². The number of aliphatic hydroxyl groups excluding tert-OH is 1. The number of nitrogens with zero attached hydrogens (tertiary/aromatic N) is 4. The van der Waals surface area contributed by atoms with Crippen LogP contribution in [0.5, 0.6) is 11.5 Å². The number of anilines is 1. The van der Waals surface area contributed by atoms with Crippen molar-refractivity contribution in [3.63, 3.8) is 0 Å². The molecule has 4 rings (SSSR count). The second-order valence-electron chi connectivity index (χ2n) is 8.89. The van der Waals surface area contributed by atoms with E-state index in [0.717, 1.165) is 43.8 Å². The van der Waals surface area contributed by atoms with Crippen LogP contribution in [0.4, 0.5) is 24.7 Å². The number of ether oxygens (including phenoxy) is 2. The third-order valence-electron chi connectivity index (χ3n) is 6.18. The van der Waals surface area contributed by atoms with Crippen LogP contribution in [0.15, 0.2) is 54.7 Å². The molecule has 1 atom stereocenters. The van der Waals surface area contributed by atoms with Crippen LogP contribution in [0.2, 0.25) is 5.28 Å². The molecule has 2 heterocycles. The van der Waals surface area contributed by atoms with E-state index < -0.39 is 22.8 Å². The van der Waals surface area contributed by atoms with Crippen LogP contribution in [0.25, 0.3) is 0 Å². The second-order valence-corrected chi connectivity index (χ2v) is 9.23. The van der Waals surface area contributed by atoms with E-state index in [0.29, 0.717) is 11.5 Å². The van der Waals surface area contributed by atoms with Gasteiger partial charge in [-0.3, -0.25) is 4.57 Å². The smallest absolute Gasteiger partial charge is 0.416 e. The van der Waals surface area contributed by atoms with E-state index in [-0.39, 0.29) is 36.8 Å². The first-order valence-corrected chi connectivity index (χ1v) is 12.3. The van der Waals surface area contributed by atoms with Gasteiger partial charge in [-0.05, 0) is 76.5 Å². The van der Waals surface area contributed by atoms with Gasteiger partial charge < -0.3 is 29.6 Å². The fourth-order valence-corrected chi connectivity index (χ4v) is 4.31. The molecule has 0 bridgehead atoms. The van der Waals surface area contributed by atoms with Crippen LogP contribution in [-0.4, -0.2) is 51.5 Å². The van der Waals surface area contributed by atoms with Crippen LogP contribution < -0.4 is 14.4 Å². The standard InChI is InChI=1S/C25H26ClF3N4O5/c26-24-30-23(33(35)36)15-32(24)12-9-19(34)16-37-20-7-3-18(4-8-20)31-13-10-22(11-14-31)38-21-5-1-17(2-6-21)25(27,28)29/h1-8,15,19,22,34H,9-14,16H2. The lowest BCUT2D eigenvalue weighted by molar-refractivity contribution is -0.389. The van der Waals surface area contributed by atoms with Crippen LogP contribution in [0, 0.1) is 10.1 Å². The van der Waals surface area contributed by atoms with Crippen LogP contribution in [0.3, 0.4) is 0 Å². The Morgan fingerprint density at radius 3 is 2.32 bits per heavy atom. The molecule has 0 spiro atoms. The quantitative estimate of drug-likeness (QED) is 0.266. The number of hydrogen-bond donors (Lipinski definition) is 1. The van der Waals surface area contributed by atoms with E-state index in [1.54, 1.807) is 0 Å². The van der Waals surface area contributed by atoms with Crippen molar-refractivity contribution in [3.05, 3.63) is 75.7 Å². The Balaban J connectivity index is 1.19. The predicted octanol–water partition coefficient (Wildman–Crippen LogP) is 5.34. The van der Waals surface area contributed by atoms with Gasteiger partial charge in [-0.2, -0.15) is 13.2 Å². The zero-order chi connectivity index (χ0) is 27.3. The molecule has 1 aromatic heterocycles. The highest BCUT2D eigenvalue weighted by Crippen LogP contribution is 2.31. The van der Waals surface area contributed by atoms with Crippen molar-refractivity contribution in [3.8, 4) is 11.5 Å². The van der Waals surface area contributed by atoms with Crippen molar-refractivity contribution in [2.45, 2.75) is 44.2 Å². The number of halogens is 4. The molecule has 1 unspecified atom stereocenters. The number of alkyl halides is 3. The van der Waals surface area contributed by atoms with E-state index >= 15 is 0 Å². The molecule has 13 heteroatoms. The first kappa shape index (κ1) is 27.5. The normalized spacial score (nSPS) is 15.3. The molecule has 0 radical (unpaired) electrons. The number of piperidine rings is 1. The number of nitro groups is 1. The summed E-state index contributed by atoms with van der Waals surface area (Å²) < 4.78 is 51.1. The summed E-state index contributed by atoms with van der Waals surface area (Å²) in [5.74, 6) is 0.663. The minimum absolute atomic E-state index is 0.0180. The highest BCUT2D eigenvalue weighted by atomic mass is 35.5. The van der Waals surface area contributed by atoms with Crippen molar-refractivity contribution in [1.82, 2.24) is 9.55 Å². The summed E-state index contributed by atoms with van der Waals surface area (Å²) >= 11 is 5.88. The van der Waals surface area contributed by atoms with Gasteiger partial charge in [0.2, 0.25) is 0 Å². The molecule has 2 aromatic carbocycles. The molecule has 0 amide bonds. The van der Waals surface area contributed by atoms with Gasteiger partial charge in [0.25, 0.3) is 0 Å². The number of rotatable bonds is 10. The number of imidazole rings is 1. The van der Waals surface area contributed by atoms with Gasteiger partial charge in [0.05, 0.1) is 11.7 Å². The van der Waals surface area contributed by atoms with Crippen LogP contribution in [-0.2, 0) is 12.7 Å². The maximum Gasteiger partial charge on any atom is 0.416 e. The molecule has 1 aliphatic rings. The topological polar surface area (TPSA) is 103 Å². The number of aliphatic hydroxyl groups is 1. The number of benzene rings is 2. The summed E-state index contributed by atoms with van der Waals surface area (Å²) in [4.78, 5) is 16.0. The zero-order valence-corrected chi connectivity index (χ0v) is 20.9. The largest absolute Gasteiger partial charge is 0.491 e. The molecule has 1 aliphatic heterocycles. The fourth-order valence-electron chi connectivity index (χ4n) is 4.09. The maximum atomic E-state index is 12.7. The zero-order valence-electron chi connectivity index (χ0n) is 20.2. The van der Waals surface area contributed by atoms with E-state index in [4.69, 9.17) is 21.1 Å². The Labute approximate surface area is 221 Å². The molecule has 1 saturated heterocycles. The molecular weight excluding hydrogens is 529 g/mol. The van der Waals surface area contributed by atoms with E-state index in [9.17, 15) is 28.4 Å². The molecule has 9 nitrogen and oxygen atoms in total. The van der Waals surface area contributed by atoms with Gasteiger partial charge in [-0.1, -0.05) is 0 Å². The SMILES string of the molecule is O=[N+]([O-])c1cn(CCC(O)COc2ccc(N3CCC(Oc4ccc(C(F)(F)F)cc4)CC3)cc2)c(Cl)n1. The fraction of sp³-hybridized carbons (Fsp3) is 0.400. The first-order valence-electron chi connectivity index (χ1n) is 12.0. The molecule has 204 valence electrons. The van der Waals surface area contributed by atoms with Gasteiger partial charge in [-0.25, -0.2) is 0 Å². The van der Waals surface area contributed by atoms with Crippen molar-refractivity contribution in [1.29, 1.82) is 0 Å². The predicted molar refractivity (Wildman–Crippen MR) is 134 cm³/mol. The Bertz CT molecular complexity index is 1210. The Morgan fingerprint density at radius 1 is 1.11 bits per heavy atom. The first-order chi connectivity index (χ1) is 18.1. The monoisotopic (exact) mass is 554 g/mol. The molecule has 0 aliphatic carbocycles. The summed E-state index contributed by atoms with van der Waals surface area (Å²) in [6.45, 7) is 1.76. The highest BCUT2D eigenvalue weighted by molar-refractivity contribution is 6.28. The highest BCUT2D eigenvalue weighted by Gasteiger charge is 2.30. The van der Waals surface area contributed by atoms with Gasteiger partial charge >= 0.3 is 17.3 Å². The van der Waals surface area contributed by atoms with Crippen molar-refractivity contribution in [2.24, 2.45) is 0 Å². The minimum Gasteiger partial charge on any atom is -0.491 e. The molecule has 0 saturated carbocycles. The minimum atomic E-state index is -4.37. The lowest BCUT2D eigenvalue weighted by Crippen LogP contribution is -2.38. The van der Waals surface area contributed by atoms with Crippen molar-refractivity contribution >= 4 is 23.1 Å². The van der Waals surface area contributed by atoms with Crippen LogP contribution >= 0.6 is 11.6 Å². The molecular formula is C25H26ClF3N4O5. The third kappa shape index (κ3) is 7.29. The van der Waals surface area contributed by atoms with E-state index in [2.05, 4.69) is 9.88 Å². The Morgan fingerprint density at radius 2 is 1.74 bits per heavy atom. The van der Waals surface area contributed by atoms with E-state index in [1.807, 2.05) is 24.3 Å². The molecule has 38 heavy (non-hydrogen) atoms. The summed E-state index contributed by atoms with van der Waals surface area (Å²) in [7, 11) is 0. The van der Waals surface area contributed by atoms with Gasteiger partial charge in [0.15, 0.2) is 0 Å². The maximum absolute atomic E-state index is 12.7. The lowest BCUT2D eigenvalue weighted by Gasteiger charge is -2.33. The average molecular weight is 555 g/mol. The number of aromatic nitrogens is 2. The van der Waals surface area contributed by atoms with Gasteiger partial charge in [0.1, 0.15) is 30.4 Å². The Kier molecular flexibility index (Phi) is 8.62. The average Bonchev–Trinajstić information content (AvgIpc) is 3.27. The van der Waals surface area contributed by atoms with Crippen molar-refractivity contribution in [2.75, 3.05) is 24.6 Å². The number of aryl methyl sites for hydroxylation is 1. The molecule has 3 aromatic rings. The van der Waals surface area contributed by atoms with Gasteiger partial charge in [-0.15, -0.1) is 0 Å². The van der Waals surface area contributed by atoms with E-state index in [1.165, 1.54) is 22.9 Å². The molecule has 1 fully saturated rings. The Hall–Kier alpha value is -3.51. The summed E-state index contributed by atoms with van der Waals surface area (Å²) in [5, 5.41) is 21.0.